The summed E-state index contributed by atoms with van der Waals surface area (Å²) in [5.74, 6) is -0.177. The van der Waals surface area contributed by atoms with E-state index in [2.05, 4.69) is 5.32 Å². The Morgan fingerprint density at radius 1 is 1.17 bits per heavy atom. The molecule has 0 saturated carbocycles. The van der Waals surface area contributed by atoms with Crippen molar-refractivity contribution in [3.05, 3.63) is 0 Å². The van der Waals surface area contributed by atoms with Crippen LogP contribution in [0.4, 0.5) is 0 Å². The lowest BCUT2D eigenvalue weighted by atomic mass is 9.95. The van der Waals surface area contributed by atoms with Crippen LogP contribution in [0.3, 0.4) is 0 Å². The maximum atomic E-state index is 11.8. The average Bonchev–Trinajstić information content (AvgIpc) is 2.27. The van der Waals surface area contributed by atoms with Gasteiger partial charge in [0.25, 0.3) is 0 Å². The fourth-order valence-corrected chi connectivity index (χ4v) is 1.58. The fourth-order valence-electron chi connectivity index (χ4n) is 1.58. The molecular formula is C14H29NO3. The first-order valence-electron chi connectivity index (χ1n) is 6.75. The average molecular weight is 259 g/mol. The molecule has 0 aliphatic rings. The summed E-state index contributed by atoms with van der Waals surface area (Å²) in [5.41, 5.74) is -0.675. The minimum Gasteiger partial charge on any atom is -0.465 e. The van der Waals surface area contributed by atoms with Gasteiger partial charge in [-0.3, -0.25) is 4.79 Å². The van der Waals surface area contributed by atoms with Gasteiger partial charge in [0.1, 0.15) is 5.54 Å². The third kappa shape index (κ3) is 6.97. The number of nitrogens with one attached hydrogen (secondary N) is 1. The molecule has 1 unspecified atom stereocenters. The highest BCUT2D eigenvalue weighted by atomic mass is 16.5. The molecule has 1 atom stereocenters. The van der Waals surface area contributed by atoms with Crippen molar-refractivity contribution in [3.8, 4) is 0 Å². The van der Waals surface area contributed by atoms with Crippen molar-refractivity contribution in [2.45, 2.75) is 65.0 Å². The molecule has 0 bridgehead atoms. The lowest BCUT2D eigenvalue weighted by molar-refractivity contribution is -0.150. The molecule has 0 saturated heterocycles. The zero-order valence-electron chi connectivity index (χ0n) is 12.8. The minimum absolute atomic E-state index is 0.0898. The molecule has 0 radical (unpaired) electrons. The summed E-state index contributed by atoms with van der Waals surface area (Å²) < 4.78 is 10.7. The maximum Gasteiger partial charge on any atom is 0.326 e. The normalized spacial score (nSPS) is 15.2. The number of carbonyl (C=O) groups excluding carboxylic acids is 1. The molecule has 18 heavy (non-hydrogen) atoms. The van der Waals surface area contributed by atoms with Crippen LogP contribution >= 0.6 is 0 Å². The Balaban J connectivity index is 3.97. The Morgan fingerprint density at radius 3 is 2.22 bits per heavy atom. The van der Waals surface area contributed by atoms with Gasteiger partial charge in [0.2, 0.25) is 0 Å². The highest BCUT2D eigenvalue weighted by molar-refractivity contribution is 5.80. The highest BCUT2D eigenvalue weighted by Crippen LogP contribution is 2.16. The molecule has 1 N–H and O–H groups in total. The Morgan fingerprint density at radius 2 is 1.78 bits per heavy atom. The zero-order valence-corrected chi connectivity index (χ0v) is 12.8. The molecule has 0 aromatic carbocycles. The molecule has 0 aliphatic carbocycles. The molecule has 0 heterocycles. The SMILES string of the molecule is CCOC(=O)C(C)(CCCCOC(C)(C)C)NC. The third-order valence-electron chi connectivity index (χ3n) is 2.88. The smallest absolute Gasteiger partial charge is 0.326 e. The summed E-state index contributed by atoms with van der Waals surface area (Å²) in [4.78, 5) is 11.8. The summed E-state index contributed by atoms with van der Waals surface area (Å²) in [6.45, 7) is 11.0. The number of hydrogen-bond acceptors (Lipinski definition) is 4. The van der Waals surface area contributed by atoms with Gasteiger partial charge in [-0.25, -0.2) is 0 Å². The quantitative estimate of drug-likeness (QED) is 0.537. The van der Waals surface area contributed by atoms with E-state index in [-0.39, 0.29) is 11.6 Å². The predicted molar refractivity (Wildman–Crippen MR) is 73.7 cm³/mol. The van der Waals surface area contributed by atoms with Crippen molar-refractivity contribution in [3.63, 3.8) is 0 Å². The van der Waals surface area contributed by atoms with Gasteiger partial charge < -0.3 is 14.8 Å². The number of likely N-dealkylation sites (N-methyl/N-ethyl adjacent to an activating group) is 1. The Kier molecular flexibility index (Phi) is 7.48. The van der Waals surface area contributed by atoms with Gasteiger partial charge in [-0.2, -0.15) is 0 Å². The van der Waals surface area contributed by atoms with Crippen LogP contribution in [0.1, 0.15) is 53.9 Å². The van der Waals surface area contributed by atoms with Gasteiger partial charge in [-0.15, -0.1) is 0 Å². The third-order valence-corrected chi connectivity index (χ3v) is 2.88. The van der Waals surface area contributed by atoms with E-state index in [0.717, 1.165) is 25.9 Å². The molecule has 0 spiro atoms. The second-order valence-electron chi connectivity index (χ2n) is 5.72. The van der Waals surface area contributed by atoms with Crippen molar-refractivity contribution >= 4 is 5.97 Å². The van der Waals surface area contributed by atoms with Crippen LogP contribution in [-0.4, -0.2) is 37.4 Å². The van der Waals surface area contributed by atoms with Crippen LogP contribution < -0.4 is 5.32 Å². The summed E-state index contributed by atoms with van der Waals surface area (Å²) in [5, 5.41) is 3.05. The summed E-state index contributed by atoms with van der Waals surface area (Å²) >= 11 is 0. The monoisotopic (exact) mass is 259 g/mol. The molecule has 0 rings (SSSR count). The van der Waals surface area contributed by atoms with E-state index in [1.165, 1.54) is 0 Å². The first kappa shape index (κ1) is 17.4. The molecule has 0 aliphatic heterocycles. The number of hydrogen-bond donors (Lipinski definition) is 1. The number of unbranched alkanes of at least 4 members (excludes halogenated alkanes) is 1. The largest absolute Gasteiger partial charge is 0.465 e. The molecule has 4 heteroatoms. The van der Waals surface area contributed by atoms with Crippen LogP contribution in [-0.2, 0) is 14.3 Å². The topological polar surface area (TPSA) is 47.6 Å². The standard InChI is InChI=1S/C14H29NO3/c1-7-17-12(16)14(5,15-6)10-8-9-11-18-13(2,3)4/h15H,7-11H2,1-6H3. The van der Waals surface area contributed by atoms with Crippen molar-refractivity contribution in [2.24, 2.45) is 0 Å². The van der Waals surface area contributed by atoms with Gasteiger partial charge in [0, 0.05) is 6.61 Å². The molecule has 0 fully saturated rings. The first-order chi connectivity index (χ1) is 8.25. The first-order valence-corrected chi connectivity index (χ1v) is 6.75. The Hall–Kier alpha value is -0.610. The van der Waals surface area contributed by atoms with Crippen LogP contribution in [0.15, 0.2) is 0 Å². The molecular weight excluding hydrogens is 230 g/mol. The van der Waals surface area contributed by atoms with E-state index in [9.17, 15) is 4.79 Å². The molecule has 0 aromatic heterocycles. The van der Waals surface area contributed by atoms with Crippen LogP contribution in [0.5, 0.6) is 0 Å². The molecule has 0 amide bonds. The van der Waals surface area contributed by atoms with Gasteiger partial charge in [0.05, 0.1) is 12.2 Å². The fraction of sp³-hybridized carbons (Fsp3) is 0.929. The van der Waals surface area contributed by atoms with Gasteiger partial charge >= 0.3 is 5.97 Å². The van der Waals surface area contributed by atoms with E-state index in [0.29, 0.717) is 6.61 Å². The predicted octanol–water partition coefficient (Wildman–Crippen LogP) is 2.51. The number of rotatable bonds is 8. The number of ether oxygens (including phenoxy) is 2. The van der Waals surface area contributed by atoms with E-state index in [4.69, 9.17) is 9.47 Å². The van der Waals surface area contributed by atoms with E-state index in [1.807, 2.05) is 34.6 Å². The van der Waals surface area contributed by atoms with E-state index in [1.54, 1.807) is 7.05 Å². The van der Waals surface area contributed by atoms with Crippen LogP contribution in [0.2, 0.25) is 0 Å². The van der Waals surface area contributed by atoms with E-state index >= 15 is 0 Å². The number of esters is 1. The Labute approximate surface area is 111 Å². The van der Waals surface area contributed by atoms with Crippen molar-refractivity contribution in [1.82, 2.24) is 5.32 Å². The molecule has 4 nitrogen and oxygen atoms in total. The van der Waals surface area contributed by atoms with Crippen molar-refractivity contribution < 1.29 is 14.3 Å². The van der Waals surface area contributed by atoms with Crippen molar-refractivity contribution in [1.29, 1.82) is 0 Å². The lowest BCUT2D eigenvalue weighted by Gasteiger charge is -2.27. The van der Waals surface area contributed by atoms with E-state index < -0.39 is 5.54 Å². The summed E-state index contributed by atoms with van der Waals surface area (Å²) in [6.07, 6.45) is 2.65. The highest BCUT2D eigenvalue weighted by Gasteiger charge is 2.32. The van der Waals surface area contributed by atoms with Crippen molar-refractivity contribution in [2.75, 3.05) is 20.3 Å². The molecule has 108 valence electrons. The van der Waals surface area contributed by atoms with Gasteiger partial charge in [-0.05, 0) is 60.9 Å². The number of carbonyl (C=O) groups is 1. The minimum atomic E-state index is -0.586. The summed E-state index contributed by atoms with van der Waals surface area (Å²) in [6, 6.07) is 0. The van der Waals surface area contributed by atoms with Gasteiger partial charge in [-0.1, -0.05) is 0 Å². The Bertz CT molecular complexity index is 248. The second kappa shape index (κ2) is 7.74. The lowest BCUT2D eigenvalue weighted by Crippen LogP contribution is -2.48. The second-order valence-corrected chi connectivity index (χ2v) is 5.72. The van der Waals surface area contributed by atoms with Crippen LogP contribution in [0, 0.1) is 0 Å². The maximum absolute atomic E-state index is 11.8. The van der Waals surface area contributed by atoms with Crippen LogP contribution in [0.25, 0.3) is 0 Å². The zero-order chi connectivity index (χ0) is 14.2. The summed E-state index contributed by atoms with van der Waals surface area (Å²) in [7, 11) is 1.79. The van der Waals surface area contributed by atoms with Gasteiger partial charge in [0.15, 0.2) is 0 Å². The molecule has 0 aromatic rings.